The van der Waals surface area contributed by atoms with E-state index >= 15 is 0 Å². The molecule has 2 aromatic carbocycles. The van der Waals surface area contributed by atoms with Gasteiger partial charge in [0.1, 0.15) is 6.54 Å². The van der Waals surface area contributed by atoms with Crippen molar-refractivity contribution in [2.24, 2.45) is 4.99 Å². The summed E-state index contributed by atoms with van der Waals surface area (Å²) >= 11 is 0. The van der Waals surface area contributed by atoms with Gasteiger partial charge in [0.15, 0.2) is 0 Å². The van der Waals surface area contributed by atoms with Crippen molar-refractivity contribution < 1.29 is 31.2 Å². The third kappa shape index (κ3) is 6.91. The molecule has 0 saturated carbocycles. The minimum absolute atomic E-state index is 0. The van der Waals surface area contributed by atoms with Crippen LogP contribution in [0.1, 0.15) is 25.0 Å². The Kier molecular flexibility index (Phi) is 10.1. The van der Waals surface area contributed by atoms with Crippen LogP contribution in [-0.4, -0.2) is 53.8 Å². The number of likely N-dealkylation sites (N-methyl/N-ethyl adjacent to an activating group) is 1. The number of hydrogen-bond acceptors (Lipinski definition) is 4. The second-order valence-corrected chi connectivity index (χ2v) is 5.91. The van der Waals surface area contributed by atoms with E-state index in [-0.39, 0.29) is 35.5 Å². The van der Waals surface area contributed by atoms with Crippen LogP contribution in [0.15, 0.2) is 59.6 Å². The van der Waals surface area contributed by atoms with Crippen molar-refractivity contribution in [1.29, 1.82) is 0 Å². The third-order valence-corrected chi connectivity index (χ3v) is 4.08. The Hall–Kier alpha value is -2.50. The molecule has 0 atom stereocenters. The smallest absolute Gasteiger partial charge is 0.325 e. The van der Waals surface area contributed by atoms with Gasteiger partial charge < -0.3 is 15.2 Å². The minimum Gasteiger partial charge on any atom is -0.625 e. The number of hydrogen-bond donors (Lipinski definition) is 1. The summed E-state index contributed by atoms with van der Waals surface area (Å²) in [6.45, 7) is 5.43. The van der Waals surface area contributed by atoms with Gasteiger partial charge in [0.2, 0.25) is 0 Å². The topological polar surface area (TPSA) is 84.1 Å². The van der Waals surface area contributed by atoms with Gasteiger partial charge in [-0.1, -0.05) is 68.4 Å². The van der Waals surface area contributed by atoms with Gasteiger partial charge in [-0.25, -0.2) is 0 Å². The fraction of sp³-hybridized carbons (Fsp3) is 0.286. The molecule has 0 radical (unpaired) electrons. The van der Waals surface area contributed by atoms with Crippen molar-refractivity contribution in [3.8, 4) is 0 Å². The summed E-state index contributed by atoms with van der Waals surface area (Å²) < 4.78 is 0. The Labute approximate surface area is 175 Å². The fourth-order valence-electron chi connectivity index (χ4n) is 2.65. The second kappa shape index (κ2) is 12.1. The number of carboxylic acid groups (broad SMARTS) is 1. The van der Waals surface area contributed by atoms with E-state index in [1.807, 2.05) is 55.1 Å². The molecule has 0 spiro atoms. The molecule has 0 heterocycles. The summed E-state index contributed by atoms with van der Waals surface area (Å²) in [7, 11) is 0. The number of carboxylic acids is 1. The monoisotopic (exact) mass is 424 g/mol. The molecule has 1 N–H and O–H groups in total. The van der Waals surface area contributed by atoms with Gasteiger partial charge in [0.25, 0.3) is 0 Å². The summed E-state index contributed by atoms with van der Waals surface area (Å²) in [6.07, 6.45) is 0. The number of aliphatic carboxylic acids is 1. The number of carbonyl (C=O) groups excluding carboxylic acids is 1. The van der Waals surface area contributed by atoms with Crippen molar-refractivity contribution in [3.63, 3.8) is 0 Å². The number of nitrogens with zero attached hydrogens (tertiary/aromatic N) is 3. The first-order valence-corrected chi connectivity index (χ1v) is 8.93. The maximum absolute atomic E-state index is 12.4. The van der Waals surface area contributed by atoms with Crippen molar-refractivity contribution in [2.75, 3.05) is 26.2 Å². The van der Waals surface area contributed by atoms with Crippen LogP contribution in [0.5, 0.6) is 0 Å². The molecule has 2 aromatic rings. The van der Waals surface area contributed by atoms with Gasteiger partial charge in [0, 0.05) is 28.6 Å². The average molecular weight is 425 g/mol. The quantitative estimate of drug-likeness (QED) is 0.493. The van der Waals surface area contributed by atoms with Gasteiger partial charge in [-0.3, -0.25) is 14.7 Å². The van der Waals surface area contributed by atoms with E-state index in [0.29, 0.717) is 17.0 Å². The molecule has 0 fully saturated rings. The van der Waals surface area contributed by atoms with Gasteiger partial charge in [-0.05, 0) is 18.7 Å². The van der Waals surface area contributed by atoms with E-state index in [1.165, 1.54) is 0 Å². The summed E-state index contributed by atoms with van der Waals surface area (Å²) in [5.74, 6) is -1.26. The fourth-order valence-corrected chi connectivity index (χ4v) is 2.65. The predicted octanol–water partition coefficient (Wildman–Crippen LogP) is 3.48. The van der Waals surface area contributed by atoms with Crippen LogP contribution in [0.2, 0.25) is 0 Å². The second-order valence-electron chi connectivity index (χ2n) is 5.91. The van der Waals surface area contributed by atoms with Gasteiger partial charge in [-0.15, -0.1) is 5.69 Å². The molecule has 1 amide bonds. The number of carbonyl (C=O) groups is 2. The summed E-state index contributed by atoms with van der Waals surface area (Å²) in [5, 5.41) is 13.3. The summed E-state index contributed by atoms with van der Waals surface area (Å²) in [6, 6.07) is 16.5. The largest absolute Gasteiger partial charge is 0.625 e. The van der Waals surface area contributed by atoms with Crippen molar-refractivity contribution in [1.82, 2.24) is 4.90 Å². The first-order valence-electron chi connectivity index (χ1n) is 8.93. The first-order chi connectivity index (χ1) is 13.0. The molecule has 0 aliphatic rings. The van der Waals surface area contributed by atoms with E-state index in [4.69, 9.17) is 5.11 Å². The Morgan fingerprint density at radius 1 is 1.00 bits per heavy atom. The average Bonchev–Trinajstić information content (AvgIpc) is 2.68. The van der Waals surface area contributed by atoms with E-state index in [9.17, 15) is 9.59 Å². The third-order valence-electron chi connectivity index (χ3n) is 4.08. The minimum atomic E-state index is -1.02. The van der Waals surface area contributed by atoms with Gasteiger partial charge >= 0.3 is 5.97 Å². The molecular formula is C21H24N3NiO3-. The zero-order valence-electron chi connectivity index (χ0n) is 15.9. The number of benzene rings is 2. The van der Waals surface area contributed by atoms with Crippen LogP contribution in [0.25, 0.3) is 5.32 Å². The molecule has 0 aliphatic carbocycles. The van der Waals surface area contributed by atoms with Crippen LogP contribution in [-0.2, 0) is 26.1 Å². The molecule has 0 unspecified atom stereocenters. The Balaban J connectivity index is 0.00000392. The van der Waals surface area contributed by atoms with Crippen molar-refractivity contribution in [3.05, 3.63) is 71.0 Å². The Morgan fingerprint density at radius 3 is 2.21 bits per heavy atom. The number of rotatable bonds is 9. The molecule has 0 bridgehead atoms. The van der Waals surface area contributed by atoms with Crippen molar-refractivity contribution >= 4 is 23.3 Å². The molecule has 152 valence electrons. The molecule has 28 heavy (non-hydrogen) atoms. The first kappa shape index (κ1) is 23.5. The molecule has 0 aliphatic heterocycles. The number of aliphatic imine (C=N–C) groups is 1. The maximum Gasteiger partial charge on any atom is 0.325 e. The number of amides is 1. The summed E-state index contributed by atoms with van der Waals surface area (Å²) in [4.78, 5) is 29.7. The molecule has 6 nitrogen and oxygen atoms in total. The SMILES string of the molecule is CCN(CC)CC(=O)[N-]c1ccccc1C(=NCC(=O)O)c1ccccc1.[Ni]. The zero-order chi connectivity index (χ0) is 19.6. The Bertz CT molecular complexity index is 806. The molecule has 0 aromatic heterocycles. The van der Waals surface area contributed by atoms with Crippen LogP contribution in [0, 0.1) is 0 Å². The van der Waals surface area contributed by atoms with Crippen LogP contribution < -0.4 is 0 Å². The van der Waals surface area contributed by atoms with Gasteiger partial charge in [-0.2, -0.15) is 0 Å². The van der Waals surface area contributed by atoms with Crippen molar-refractivity contribution in [2.45, 2.75) is 13.8 Å². The van der Waals surface area contributed by atoms with Crippen LogP contribution in [0.3, 0.4) is 0 Å². The van der Waals surface area contributed by atoms with E-state index in [2.05, 4.69) is 10.3 Å². The standard InChI is InChI=1S/C21H25N3O3.Ni/c1-3-24(4-2)15-19(25)23-18-13-9-8-12-17(18)21(22-14-20(26)27)16-10-6-5-7-11-16;/h5-13H,3-4,14-15H2,1-2H3,(H2,22,23,25,26,27);/p-1. The van der Waals surface area contributed by atoms with E-state index in [0.717, 1.165) is 18.7 Å². The molecule has 7 heteroatoms. The zero-order valence-corrected chi connectivity index (χ0v) is 16.9. The van der Waals surface area contributed by atoms with Crippen LogP contribution >= 0.6 is 0 Å². The van der Waals surface area contributed by atoms with Gasteiger partial charge in [0.05, 0.1) is 11.6 Å². The maximum atomic E-state index is 12.4. The molecule has 2 rings (SSSR count). The molecular weight excluding hydrogens is 401 g/mol. The normalized spacial score (nSPS) is 11.0. The molecule has 0 saturated heterocycles. The number of para-hydroxylation sites is 1. The van der Waals surface area contributed by atoms with E-state index < -0.39 is 5.97 Å². The summed E-state index contributed by atoms with van der Waals surface area (Å²) in [5.41, 5.74) is 2.41. The predicted molar refractivity (Wildman–Crippen MR) is 107 cm³/mol. The Morgan fingerprint density at radius 2 is 1.61 bits per heavy atom. The van der Waals surface area contributed by atoms with E-state index in [1.54, 1.807) is 18.2 Å². The van der Waals surface area contributed by atoms with Crippen LogP contribution in [0.4, 0.5) is 5.69 Å².